The molecule has 2 heterocycles. The molecule has 172 valence electrons. The fraction of sp³-hybridized carbons (Fsp3) is 0.720. The van der Waals surface area contributed by atoms with Crippen molar-refractivity contribution in [2.75, 3.05) is 33.2 Å². The second kappa shape index (κ2) is 10.8. The Labute approximate surface area is 188 Å². The van der Waals surface area contributed by atoms with Gasteiger partial charge in [0.15, 0.2) is 5.96 Å². The summed E-state index contributed by atoms with van der Waals surface area (Å²) in [7, 11) is 1.87. The van der Waals surface area contributed by atoms with E-state index in [-0.39, 0.29) is 0 Å². The van der Waals surface area contributed by atoms with E-state index < -0.39 is 0 Å². The fourth-order valence-corrected chi connectivity index (χ4v) is 5.51. The number of guanidine groups is 1. The second-order valence-electron chi connectivity index (χ2n) is 9.76. The first kappa shape index (κ1) is 22.6. The van der Waals surface area contributed by atoms with Crippen molar-refractivity contribution >= 4 is 5.96 Å². The maximum atomic E-state index is 5.85. The highest BCUT2D eigenvalue weighted by Crippen LogP contribution is 2.26. The van der Waals surface area contributed by atoms with Crippen LogP contribution < -0.4 is 10.6 Å². The van der Waals surface area contributed by atoms with Crippen LogP contribution in [0.15, 0.2) is 29.3 Å². The van der Waals surface area contributed by atoms with Gasteiger partial charge in [-0.25, -0.2) is 0 Å². The van der Waals surface area contributed by atoms with Gasteiger partial charge < -0.3 is 15.4 Å². The van der Waals surface area contributed by atoms with E-state index >= 15 is 0 Å². The van der Waals surface area contributed by atoms with Crippen molar-refractivity contribution in [3.63, 3.8) is 0 Å². The number of ether oxygens (including phenoxy) is 1. The summed E-state index contributed by atoms with van der Waals surface area (Å²) in [5.41, 5.74) is 2.65. The van der Waals surface area contributed by atoms with E-state index in [9.17, 15) is 0 Å². The number of hydrogen-bond acceptors (Lipinski definition) is 4. The molecule has 0 amide bonds. The van der Waals surface area contributed by atoms with Crippen molar-refractivity contribution in [3.05, 3.63) is 35.4 Å². The maximum Gasteiger partial charge on any atom is 0.191 e. The summed E-state index contributed by atoms with van der Waals surface area (Å²) in [6.07, 6.45) is 7.44. The number of nitrogens with one attached hydrogen (secondary N) is 2. The fourth-order valence-electron chi connectivity index (χ4n) is 5.51. The number of benzene rings is 1. The average Bonchev–Trinajstić information content (AvgIpc) is 3.43. The zero-order valence-corrected chi connectivity index (χ0v) is 19.6. The van der Waals surface area contributed by atoms with E-state index in [1.54, 1.807) is 0 Å². The van der Waals surface area contributed by atoms with Gasteiger partial charge in [0.2, 0.25) is 0 Å². The number of morpholine rings is 1. The predicted molar refractivity (Wildman–Crippen MR) is 127 cm³/mol. The van der Waals surface area contributed by atoms with Crippen molar-refractivity contribution in [1.29, 1.82) is 0 Å². The largest absolute Gasteiger partial charge is 0.373 e. The van der Waals surface area contributed by atoms with E-state index in [4.69, 9.17) is 4.74 Å². The van der Waals surface area contributed by atoms with Gasteiger partial charge in [0.25, 0.3) is 0 Å². The summed E-state index contributed by atoms with van der Waals surface area (Å²) in [5, 5.41) is 7.14. The molecule has 0 aromatic heterocycles. The molecule has 1 aromatic carbocycles. The molecular weight excluding hydrogens is 386 g/mol. The smallest absolute Gasteiger partial charge is 0.191 e. The lowest BCUT2D eigenvalue weighted by Crippen LogP contribution is -2.45. The SMILES string of the molecule is CN=C(NCc1ccc(CN2CC(C)OC(C)C2)cc1)NC1CCN(C2CCCC2)C1. The van der Waals surface area contributed by atoms with Gasteiger partial charge in [-0.3, -0.25) is 14.8 Å². The molecule has 0 bridgehead atoms. The van der Waals surface area contributed by atoms with Crippen LogP contribution in [-0.4, -0.2) is 73.3 Å². The first-order chi connectivity index (χ1) is 15.1. The summed E-state index contributed by atoms with van der Waals surface area (Å²) in [6.45, 7) is 10.5. The highest BCUT2D eigenvalue weighted by molar-refractivity contribution is 5.80. The van der Waals surface area contributed by atoms with Crippen LogP contribution in [-0.2, 0) is 17.8 Å². The van der Waals surface area contributed by atoms with Crippen LogP contribution in [0.4, 0.5) is 0 Å². The second-order valence-corrected chi connectivity index (χ2v) is 9.76. The Morgan fingerprint density at radius 1 is 1.00 bits per heavy atom. The van der Waals surface area contributed by atoms with E-state index in [1.165, 1.54) is 49.8 Å². The molecule has 6 nitrogen and oxygen atoms in total. The molecular formula is C25H41N5O. The van der Waals surface area contributed by atoms with Gasteiger partial charge in [-0.1, -0.05) is 37.1 Å². The van der Waals surface area contributed by atoms with Crippen LogP contribution in [0, 0.1) is 0 Å². The highest BCUT2D eigenvalue weighted by atomic mass is 16.5. The molecule has 0 spiro atoms. The number of rotatable bonds is 6. The lowest BCUT2D eigenvalue weighted by molar-refractivity contribution is -0.0704. The Morgan fingerprint density at radius 2 is 1.68 bits per heavy atom. The summed E-state index contributed by atoms with van der Waals surface area (Å²) in [6, 6.07) is 10.3. The van der Waals surface area contributed by atoms with E-state index in [2.05, 4.69) is 63.5 Å². The van der Waals surface area contributed by atoms with Crippen LogP contribution in [0.3, 0.4) is 0 Å². The zero-order valence-electron chi connectivity index (χ0n) is 19.6. The number of nitrogens with zero attached hydrogens (tertiary/aromatic N) is 3. The molecule has 1 saturated carbocycles. The van der Waals surface area contributed by atoms with Crippen LogP contribution >= 0.6 is 0 Å². The van der Waals surface area contributed by atoms with Gasteiger partial charge in [-0.05, 0) is 44.2 Å². The topological polar surface area (TPSA) is 52.1 Å². The van der Waals surface area contributed by atoms with Gasteiger partial charge >= 0.3 is 0 Å². The Hall–Kier alpha value is -1.63. The third-order valence-corrected chi connectivity index (χ3v) is 7.01. The minimum Gasteiger partial charge on any atom is -0.373 e. The van der Waals surface area contributed by atoms with Crippen LogP contribution in [0.5, 0.6) is 0 Å². The van der Waals surface area contributed by atoms with Crippen LogP contribution in [0.2, 0.25) is 0 Å². The van der Waals surface area contributed by atoms with E-state index in [0.29, 0.717) is 18.2 Å². The van der Waals surface area contributed by atoms with Gasteiger partial charge in [0.05, 0.1) is 12.2 Å². The van der Waals surface area contributed by atoms with Gasteiger partial charge in [0, 0.05) is 58.4 Å². The lowest BCUT2D eigenvalue weighted by Gasteiger charge is -2.35. The molecule has 1 aromatic rings. The molecule has 4 rings (SSSR count). The monoisotopic (exact) mass is 427 g/mol. The van der Waals surface area contributed by atoms with Gasteiger partial charge in [0.1, 0.15) is 0 Å². The third kappa shape index (κ3) is 6.43. The van der Waals surface area contributed by atoms with Gasteiger partial charge in [-0.2, -0.15) is 0 Å². The average molecular weight is 428 g/mol. The molecule has 2 N–H and O–H groups in total. The predicted octanol–water partition coefficient (Wildman–Crippen LogP) is 2.98. The maximum absolute atomic E-state index is 5.85. The molecule has 6 heteroatoms. The van der Waals surface area contributed by atoms with Crippen molar-refractivity contribution in [2.24, 2.45) is 4.99 Å². The molecule has 3 fully saturated rings. The highest BCUT2D eigenvalue weighted by Gasteiger charge is 2.30. The van der Waals surface area contributed by atoms with Gasteiger partial charge in [-0.15, -0.1) is 0 Å². The molecule has 3 aliphatic rings. The summed E-state index contributed by atoms with van der Waals surface area (Å²) >= 11 is 0. The normalized spacial score (nSPS) is 28.9. The van der Waals surface area contributed by atoms with Crippen molar-refractivity contribution in [1.82, 2.24) is 20.4 Å². The minimum absolute atomic E-state index is 0.316. The van der Waals surface area contributed by atoms with Crippen LogP contribution in [0.25, 0.3) is 0 Å². The first-order valence-electron chi connectivity index (χ1n) is 12.3. The molecule has 31 heavy (non-hydrogen) atoms. The molecule has 2 aliphatic heterocycles. The third-order valence-electron chi connectivity index (χ3n) is 7.01. The molecule has 3 atom stereocenters. The molecule has 0 radical (unpaired) electrons. The number of hydrogen-bond donors (Lipinski definition) is 2. The standard InChI is InChI=1S/C25H41N5O/c1-19-15-29(16-20(2)31-19)17-22-10-8-21(9-11-22)14-27-25(26-3)28-23-12-13-30(18-23)24-6-4-5-7-24/h8-11,19-20,23-24H,4-7,12-18H2,1-3H3,(H2,26,27,28). The Bertz CT molecular complexity index is 705. The van der Waals surface area contributed by atoms with Crippen LogP contribution in [0.1, 0.15) is 57.1 Å². The Kier molecular flexibility index (Phi) is 7.86. The molecule has 3 unspecified atom stereocenters. The quantitative estimate of drug-likeness (QED) is 0.540. The first-order valence-corrected chi connectivity index (χ1v) is 12.3. The summed E-state index contributed by atoms with van der Waals surface area (Å²) < 4.78 is 5.85. The minimum atomic E-state index is 0.316. The zero-order chi connectivity index (χ0) is 21.6. The Morgan fingerprint density at radius 3 is 2.35 bits per heavy atom. The van der Waals surface area contributed by atoms with Crippen molar-refractivity contribution in [2.45, 2.75) is 83.3 Å². The van der Waals surface area contributed by atoms with Crippen molar-refractivity contribution < 1.29 is 4.74 Å². The summed E-state index contributed by atoms with van der Waals surface area (Å²) in [4.78, 5) is 9.64. The lowest BCUT2D eigenvalue weighted by atomic mass is 10.1. The van der Waals surface area contributed by atoms with E-state index in [0.717, 1.165) is 44.7 Å². The van der Waals surface area contributed by atoms with E-state index in [1.807, 2.05) is 7.05 Å². The Balaban J connectivity index is 1.21. The number of likely N-dealkylation sites (tertiary alicyclic amines) is 1. The van der Waals surface area contributed by atoms with Crippen molar-refractivity contribution in [3.8, 4) is 0 Å². The number of aliphatic imine (C=N–C) groups is 1. The molecule has 2 saturated heterocycles. The molecule has 1 aliphatic carbocycles. The summed E-state index contributed by atoms with van der Waals surface area (Å²) in [5.74, 6) is 0.915.